The Morgan fingerprint density at radius 3 is 2.54 bits per heavy atom. The minimum absolute atomic E-state index is 0.109. The lowest BCUT2D eigenvalue weighted by Crippen LogP contribution is -2.43. The zero-order valence-electron chi connectivity index (χ0n) is 21.0. The molecule has 9 heteroatoms. The fraction of sp³-hybridized carbons (Fsp3) is 0.429. The van der Waals surface area contributed by atoms with Gasteiger partial charge in [0.1, 0.15) is 5.75 Å². The number of aromatic nitrogens is 5. The highest BCUT2D eigenvalue weighted by Crippen LogP contribution is 2.33. The van der Waals surface area contributed by atoms with Gasteiger partial charge in [0.15, 0.2) is 17.0 Å². The van der Waals surface area contributed by atoms with Crippen molar-refractivity contribution in [2.75, 3.05) is 10.6 Å². The number of nitrogens with zero attached hydrogens (tertiary/aromatic N) is 5. The molecule has 6 rings (SSSR count). The molecule has 2 saturated carbocycles. The van der Waals surface area contributed by atoms with E-state index in [1.807, 2.05) is 36.8 Å². The third kappa shape index (κ3) is 4.96. The largest absolute Gasteiger partial charge is 0.507 e. The van der Waals surface area contributed by atoms with Gasteiger partial charge in [0.05, 0.1) is 12.0 Å². The van der Waals surface area contributed by atoms with E-state index in [2.05, 4.69) is 20.2 Å². The van der Waals surface area contributed by atoms with Crippen molar-refractivity contribution in [2.24, 2.45) is 5.73 Å². The molecule has 3 aromatic heterocycles. The molecular weight excluding hydrogens is 464 g/mol. The van der Waals surface area contributed by atoms with Crippen molar-refractivity contribution in [3.8, 4) is 17.0 Å². The zero-order valence-corrected chi connectivity index (χ0v) is 21.0. The van der Waals surface area contributed by atoms with Crippen molar-refractivity contribution < 1.29 is 5.11 Å². The Labute approximate surface area is 216 Å². The van der Waals surface area contributed by atoms with E-state index < -0.39 is 0 Å². The normalized spacial score (nSPS) is 20.4. The van der Waals surface area contributed by atoms with Crippen LogP contribution in [0.2, 0.25) is 0 Å². The lowest BCUT2D eigenvalue weighted by atomic mass is 9.91. The third-order valence-corrected chi connectivity index (χ3v) is 7.74. The van der Waals surface area contributed by atoms with E-state index >= 15 is 0 Å². The number of imidazole rings is 1. The van der Waals surface area contributed by atoms with Crippen molar-refractivity contribution in [2.45, 2.75) is 76.0 Å². The lowest BCUT2D eigenvalue weighted by molar-refractivity contribution is 0.402. The molecule has 37 heavy (non-hydrogen) atoms. The summed E-state index contributed by atoms with van der Waals surface area (Å²) in [4.78, 5) is 19.1. The number of benzene rings is 1. The van der Waals surface area contributed by atoms with Crippen LogP contribution in [-0.2, 0) is 6.54 Å². The Hall–Kier alpha value is -3.72. The molecule has 2 unspecified atom stereocenters. The van der Waals surface area contributed by atoms with Gasteiger partial charge in [-0.15, -0.1) is 0 Å². The highest BCUT2D eigenvalue weighted by Gasteiger charge is 2.25. The smallest absolute Gasteiger partial charge is 0.227 e. The van der Waals surface area contributed by atoms with Gasteiger partial charge in [0.2, 0.25) is 5.95 Å². The molecule has 0 amide bonds. The highest BCUT2D eigenvalue weighted by molar-refractivity contribution is 5.84. The van der Waals surface area contributed by atoms with Crippen LogP contribution in [0.25, 0.3) is 22.4 Å². The lowest BCUT2D eigenvalue weighted by Gasteiger charge is -2.29. The highest BCUT2D eigenvalue weighted by atomic mass is 16.3. The van der Waals surface area contributed by atoms with E-state index in [1.165, 1.54) is 25.7 Å². The van der Waals surface area contributed by atoms with Crippen molar-refractivity contribution in [1.82, 2.24) is 24.5 Å². The average molecular weight is 499 g/mol. The second-order valence-corrected chi connectivity index (χ2v) is 10.3. The summed E-state index contributed by atoms with van der Waals surface area (Å²) >= 11 is 0. The van der Waals surface area contributed by atoms with Gasteiger partial charge in [0.25, 0.3) is 0 Å². The first-order chi connectivity index (χ1) is 18.2. The van der Waals surface area contributed by atoms with Crippen LogP contribution in [0.5, 0.6) is 5.75 Å². The molecule has 0 aliphatic heterocycles. The monoisotopic (exact) mass is 498 g/mol. The maximum absolute atomic E-state index is 10.1. The molecule has 2 fully saturated rings. The van der Waals surface area contributed by atoms with Gasteiger partial charge >= 0.3 is 0 Å². The zero-order chi connectivity index (χ0) is 25.2. The number of nitrogens with two attached hydrogens (primary N) is 1. The first-order valence-corrected chi connectivity index (χ1v) is 13.4. The van der Waals surface area contributed by atoms with E-state index in [0.717, 1.165) is 48.1 Å². The Morgan fingerprint density at radius 1 is 0.946 bits per heavy atom. The van der Waals surface area contributed by atoms with Gasteiger partial charge in [-0.2, -0.15) is 9.97 Å². The summed E-state index contributed by atoms with van der Waals surface area (Å²) in [5.74, 6) is 1.53. The number of para-hydroxylation sites is 1. The van der Waals surface area contributed by atoms with Crippen molar-refractivity contribution >= 4 is 22.9 Å². The molecule has 0 saturated heterocycles. The molecule has 1 aromatic carbocycles. The minimum atomic E-state index is 0.109. The number of aromatic hydroxyl groups is 1. The summed E-state index contributed by atoms with van der Waals surface area (Å²) in [6.45, 7) is 0.541. The second-order valence-electron chi connectivity index (χ2n) is 10.3. The van der Waals surface area contributed by atoms with Gasteiger partial charge < -0.3 is 26.0 Å². The molecular formula is C28H34N8O. The molecule has 5 N–H and O–H groups in total. The number of fused-ring (bicyclic) bond motifs is 1. The SMILES string of the molecule is NC1CCCCC1Nc1nc(NCc2ccc(-c3ccccc3O)nc2)c2ncn(C3CCCC3)c2n1. The van der Waals surface area contributed by atoms with E-state index in [9.17, 15) is 5.11 Å². The second kappa shape index (κ2) is 10.3. The van der Waals surface area contributed by atoms with Crippen LogP contribution in [-0.4, -0.2) is 41.7 Å². The first-order valence-electron chi connectivity index (χ1n) is 13.4. The van der Waals surface area contributed by atoms with E-state index in [0.29, 0.717) is 29.9 Å². The quantitative estimate of drug-likeness (QED) is 0.280. The topological polar surface area (TPSA) is 127 Å². The Balaban J connectivity index is 1.27. The number of pyridine rings is 1. The summed E-state index contributed by atoms with van der Waals surface area (Å²) in [6.07, 6.45) is 12.9. The molecule has 0 radical (unpaired) electrons. The van der Waals surface area contributed by atoms with Crippen LogP contribution < -0.4 is 16.4 Å². The molecule has 0 spiro atoms. The molecule has 2 aliphatic carbocycles. The van der Waals surface area contributed by atoms with Gasteiger partial charge in [-0.1, -0.05) is 43.9 Å². The fourth-order valence-corrected chi connectivity index (χ4v) is 5.62. The number of anilines is 2. The Bertz CT molecular complexity index is 1360. The van der Waals surface area contributed by atoms with E-state index in [1.54, 1.807) is 12.1 Å². The molecule has 192 valence electrons. The Kier molecular flexibility index (Phi) is 6.61. The van der Waals surface area contributed by atoms with Crippen LogP contribution in [0, 0.1) is 0 Å². The van der Waals surface area contributed by atoms with Crippen LogP contribution in [0.15, 0.2) is 48.9 Å². The molecule has 9 nitrogen and oxygen atoms in total. The summed E-state index contributed by atoms with van der Waals surface area (Å²) in [5, 5.41) is 17.2. The average Bonchev–Trinajstić information content (AvgIpc) is 3.60. The van der Waals surface area contributed by atoms with Crippen molar-refractivity contribution in [3.05, 3.63) is 54.5 Å². The molecule has 4 aromatic rings. The summed E-state index contributed by atoms with van der Waals surface area (Å²) in [6, 6.07) is 11.9. The minimum Gasteiger partial charge on any atom is -0.507 e. The predicted molar refractivity (Wildman–Crippen MR) is 145 cm³/mol. The van der Waals surface area contributed by atoms with Crippen LogP contribution in [0.1, 0.15) is 63.0 Å². The maximum Gasteiger partial charge on any atom is 0.227 e. The predicted octanol–water partition coefficient (Wildman–Crippen LogP) is 5.00. The summed E-state index contributed by atoms with van der Waals surface area (Å²) in [5.41, 5.74) is 10.5. The van der Waals surface area contributed by atoms with Gasteiger partial charge in [-0.25, -0.2) is 4.98 Å². The molecule has 2 atom stereocenters. The number of hydrogen-bond donors (Lipinski definition) is 4. The first kappa shape index (κ1) is 23.7. The number of hydrogen-bond acceptors (Lipinski definition) is 8. The van der Waals surface area contributed by atoms with Gasteiger partial charge in [-0.05, 0) is 49.4 Å². The molecule has 3 heterocycles. The van der Waals surface area contributed by atoms with E-state index in [-0.39, 0.29) is 17.8 Å². The summed E-state index contributed by atoms with van der Waals surface area (Å²) in [7, 11) is 0. The molecule has 0 bridgehead atoms. The number of rotatable bonds is 7. The van der Waals surface area contributed by atoms with Gasteiger partial charge in [-0.3, -0.25) is 4.98 Å². The number of phenols is 1. The molecule has 2 aliphatic rings. The van der Waals surface area contributed by atoms with Crippen molar-refractivity contribution in [1.29, 1.82) is 0 Å². The van der Waals surface area contributed by atoms with E-state index in [4.69, 9.17) is 20.7 Å². The van der Waals surface area contributed by atoms with Crippen LogP contribution >= 0.6 is 0 Å². The van der Waals surface area contributed by atoms with Crippen molar-refractivity contribution in [3.63, 3.8) is 0 Å². The van der Waals surface area contributed by atoms with Crippen LogP contribution in [0.3, 0.4) is 0 Å². The maximum atomic E-state index is 10.1. The Morgan fingerprint density at radius 2 is 1.76 bits per heavy atom. The van der Waals surface area contributed by atoms with Gasteiger partial charge in [0, 0.05) is 36.4 Å². The standard InChI is InChI=1S/C28H34N8O/c29-21-10-4-5-11-23(21)33-28-34-26(25-27(35-28)36(17-32-25)19-7-1-2-8-19)31-16-18-13-14-22(30-15-18)20-9-3-6-12-24(20)37/h3,6,9,12-15,17,19,21,23,37H,1-2,4-5,7-8,10-11,16,29H2,(H2,31,33,34,35). The fourth-order valence-electron chi connectivity index (χ4n) is 5.62. The summed E-state index contributed by atoms with van der Waals surface area (Å²) < 4.78 is 2.23. The number of nitrogens with one attached hydrogen (secondary N) is 2. The third-order valence-electron chi connectivity index (χ3n) is 7.74. The van der Waals surface area contributed by atoms with Crippen LogP contribution in [0.4, 0.5) is 11.8 Å². The number of phenolic OH excluding ortho intramolecular Hbond substituents is 1.